The number of amides is 1. The number of likely N-dealkylation sites (tertiary alicyclic amines) is 1. The number of halogens is 1. The molecule has 1 saturated heterocycles. The van der Waals surface area contributed by atoms with E-state index < -0.39 is 4.92 Å². The Labute approximate surface area is 142 Å². The van der Waals surface area contributed by atoms with Crippen LogP contribution in [0.1, 0.15) is 42.6 Å². The molecule has 0 aromatic heterocycles. The summed E-state index contributed by atoms with van der Waals surface area (Å²) >= 11 is 0. The highest BCUT2D eigenvalue weighted by Gasteiger charge is 2.30. The first-order valence-electron chi connectivity index (χ1n) is 7.76. The third kappa shape index (κ3) is 4.20. The van der Waals surface area contributed by atoms with E-state index in [1.54, 1.807) is 17.0 Å². The van der Waals surface area contributed by atoms with Crippen LogP contribution in [0.25, 0.3) is 0 Å². The summed E-state index contributed by atoms with van der Waals surface area (Å²) < 4.78 is 0. The number of hydrogen-bond acceptors (Lipinski definition) is 4. The van der Waals surface area contributed by atoms with E-state index in [0.717, 1.165) is 12.8 Å². The maximum absolute atomic E-state index is 12.7. The fraction of sp³-hybridized carbons (Fsp3) is 0.562. The number of rotatable bonds is 4. The predicted molar refractivity (Wildman–Crippen MR) is 92.0 cm³/mol. The van der Waals surface area contributed by atoms with Gasteiger partial charge in [0, 0.05) is 36.3 Å². The van der Waals surface area contributed by atoms with Gasteiger partial charge in [0.05, 0.1) is 4.92 Å². The number of nitrogens with two attached hydrogens (primary N) is 1. The fourth-order valence-electron chi connectivity index (χ4n) is 3.07. The molecule has 2 N–H and O–H groups in total. The minimum Gasteiger partial charge on any atom is -0.334 e. The first kappa shape index (κ1) is 19.4. The van der Waals surface area contributed by atoms with E-state index in [4.69, 9.17) is 5.73 Å². The molecule has 0 saturated carbocycles. The van der Waals surface area contributed by atoms with E-state index >= 15 is 0 Å². The smallest absolute Gasteiger partial charge is 0.273 e. The molecule has 1 heterocycles. The number of benzene rings is 1. The Morgan fingerprint density at radius 2 is 2.17 bits per heavy atom. The van der Waals surface area contributed by atoms with Crippen molar-refractivity contribution in [2.24, 2.45) is 11.7 Å². The summed E-state index contributed by atoms with van der Waals surface area (Å²) in [5, 5.41) is 11.2. The zero-order chi connectivity index (χ0) is 16.3. The minimum atomic E-state index is -0.422. The number of nitro benzene ring substituents is 1. The summed E-state index contributed by atoms with van der Waals surface area (Å²) in [5.41, 5.74) is 6.82. The third-order valence-electron chi connectivity index (χ3n) is 4.42. The largest absolute Gasteiger partial charge is 0.334 e. The van der Waals surface area contributed by atoms with Crippen LogP contribution in [0.2, 0.25) is 0 Å². The zero-order valence-electron chi connectivity index (χ0n) is 13.5. The van der Waals surface area contributed by atoms with Crippen molar-refractivity contribution < 1.29 is 9.72 Å². The van der Waals surface area contributed by atoms with Crippen molar-refractivity contribution in [1.29, 1.82) is 0 Å². The number of piperidine rings is 1. The lowest BCUT2D eigenvalue weighted by Gasteiger charge is -2.38. The number of aryl methyl sites for hydroxylation is 1. The van der Waals surface area contributed by atoms with Crippen molar-refractivity contribution in [3.63, 3.8) is 0 Å². The standard InChI is InChI=1S/C16H23N3O3.ClH/c1-3-12-4-5-13(9-15(12)19(21)22)16(20)18-7-6-11(2)8-14(18)10-17;/h4-5,9,11,14H,3,6-8,10,17H2,1-2H3;1H. The molecule has 1 amide bonds. The van der Waals surface area contributed by atoms with Crippen LogP contribution in [-0.4, -0.2) is 34.9 Å². The first-order valence-corrected chi connectivity index (χ1v) is 7.76. The highest BCUT2D eigenvalue weighted by molar-refractivity contribution is 5.95. The van der Waals surface area contributed by atoms with Crippen LogP contribution in [0.4, 0.5) is 5.69 Å². The predicted octanol–water partition coefficient (Wildman–Crippen LogP) is 2.78. The molecule has 0 bridgehead atoms. The molecule has 1 aromatic rings. The van der Waals surface area contributed by atoms with E-state index in [0.29, 0.717) is 36.6 Å². The second-order valence-corrected chi connectivity index (χ2v) is 5.97. The molecular formula is C16H24ClN3O3. The van der Waals surface area contributed by atoms with Gasteiger partial charge in [-0.25, -0.2) is 0 Å². The van der Waals surface area contributed by atoms with Gasteiger partial charge >= 0.3 is 0 Å². The molecule has 1 fully saturated rings. The van der Waals surface area contributed by atoms with Crippen LogP contribution < -0.4 is 5.73 Å². The summed E-state index contributed by atoms with van der Waals surface area (Å²) in [4.78, 5) is 25.2. The van der Waals surface area contributed by atoms with Gasteiger partial charge in [-0.3, -0.25) is 14.9 Å². The number of nitrogens with zero attached hydrogens (tertiary/aromatic N) is 2. The van der Waals surface area contributed by atoms with E-state index in [9.17, 15) is 14.9 Å². The molecule has 23 heavy (non-hydrogen) atoms. The van der Waals surface area contributed by atoms with Crippen molar-refractivity contribution in [2.75, 3.05) is 13.1 Å². The van der Waals surface area contributed by atoms with Crippen molar-refractivity contribution >= 4 is 24.0 Å². The summed E-state index contributed by atoms with van der Waals surface area (Å²) in [6, 6.07) is 4.77. The van der Waals surface area contributed by atoms with Crippen LogP contribution in [-0.2, 0) is 6.42 Å². The average molecular weight is 342 g/mol. The SMILES string of the molecule is CCc1ccc(C(=O)N2CCC(C)CC2CN)cc1[N+](=O)[O-].Cl. The van der Waals surface area contributed by atoms with Crippen LogP contribution in [0.3, 0.4) is 0 Å². The average Bonchev–Trinajstić information content (AvgIpc) is 2.53. The fourth-order valence-corrected chi connectivity index (χ4v) is 3.07. The highest BCUT2D eigenvalue weighted by atomic mass is 35.5. The summed E-state index contributed by atoms with van der Waals surface area (Å²) in [6.07, 6.45) is 2.40. The van der Waals surface area contributed by atoms with Gasteiger partial charge in [-0.2, -0.15) is 0 Å². The van der Waals surface area contributed by atoms with Crippen molar-refractivity contribution in [2.45, 2.75) is 39.2 Å². The maximum atomic E-state index is 12.7. The van der Waals surface area contributed by atoms with Gasteiger partial charge in [-0.15, -0.1) is 12.4 Å². The minimum absolute atomic E-state index is 0. The van der Waals surface area contributed by atoms with Crippen LogP contribution >= 0.6 is 12.4 Å². The van der Waals surface area contributed by atoms with Gasteiger partial charge in [-0.05, 0) is 31.2 Å². The van der Waals surface area contributed by atoms with Gasteiger partial charge in [0.15, 0.2) is 0 Å². The molecule has 0 spiro atoms. The monoisotopic (exact) mass is 341 g/mol. The van der Waals surface area contributed by atoms with Gasteiger partial charge in [0.2, 0.25) is 0 Å². The highest BCUT2D eigenvalue weighted by Crippen LogP contribution is 2.26. The van der Waals surface area contributed by atoms with Crippen LogP contribution in [0.15, 0.2) is 18.2 Å². The van der Waals surface area contributed by atoms with Crippen molar-refractivity contribution in [3.05, 3.63) is 39.4 Å². The van der Waals surface area contributed by atoms with E-state index in [-0.39, 0.29) is 30.0 Å². The molecule has 2 unspecified atom stereocenters. The Hall–Kier alpha value is -1.66. The molecule has 2 atom stereocenters. The quantitative estimate of drug-likeness (QED) is 0.673. The van der Waals surface area contributed by atoms with Gasteiger partial charge in [0.25, 0.3) is 11.6 Å². The van der Waals surface area contributed by atoms with E-state index in [2.05, 4.69) is 6.92 Å². The van der Waals surface area contributed by atoms with E-state index in [1.807, 2.05) is 6.92 Å². The number of hydrogen-bond donors (Lipinski definition) is 1. The molecule has 0 radical (unpaired) electrons. The Morgan fingerprint density at radius 3 is 2.74 bits per heavy atom. The van der Waals surface area contributed by atoms with Crippen molar-refractivity contribution in [3.8, 4) is 0 Å². The lowest BCUT2D eigenvalue weighted by molar-refractivity contribution is -0.385. The maximum Gasteiger partial charge on any atom is 0.273 e. The Balaban J connectivity index is 0.00000264. The molecule has 7 heteroatoms. The lowest BCUT2D eigenvalue weighted by atomic mass is 9.91. The van der Waals surface area contributed by atoms with Gasteiger partial charge < -0.3 is 10.6 Å². The Bertz CT molecular complexity index is 580. The molecule has 128 valence electrons. The first-order chi connectivity index (χ1) is 10.5. The molecule has 6 nitrogen and oxygen atoms in total. The number of nitro groups is 1. The second kappa shape index (κ2) is 8.26. The number of carbonyl (C=O) groups is 1. The molecule has 2 rings (SSSR count). The van der Waals surface area contributed by atoms with E-state index in [1.165, 1.54) is 6.07 Å². The van der Waals surface area contributed by atoms with Crippen LogP contribution in [0.5, 0.6) is 0 Å². The summed E-state index contributed by atoms with van der Waals surface area (Å²) in [7, 11) is 0. The normalized spacial score (nSPS) is 20.7. The summed E-state index contributed by atoms with van der Waals surface area (Å²) in [6.45, 7) is 5.10. The Kier molecular flexibility index (Phi) is 6.97. The number of carbonyl (C=O) groups excluding carboxylic acids is 1. The molecular weight excluding hydrogens is 318 g/mol. The molecule has 1 aliphatic rings. The Morgan fingerprint density at radius 1 is 1.48 bits per heavy atom. The third-order valence-corrected chi connectivity index (χ3v) is 4.42. The van der Waals surface area contributed by atoms with Crippen molar-refractivity contribution in [1.82, 2.24) is 4.90 Å². The van der Waals surface area contributed by atoms with Crippen LogP contribution in [0, 0.1) is 16.0 Å². The van der Waals surface area contributed by atoms with Gasteiger partial charge in [-0.1, -0.05) is 19.9 Å². The van der Waals surface area contributed by atoms with Gasteiger partial charge in [0.1, 0.15) is 0 Å². The summed E-state index contributed by atoms with van der Waals surface area (Å²) in [5.74, 6) is 0.391. The molecule has 1 aromatic carbocycles. The zero-order valence-corrected chi connectivity index (χ0v) is 14.3. The molecule has 0 aliphatic carbocycles. The lowest BCUT2D eigenvalue weighted by Crippen LogP contribution is -2.49. The second-order valence-electron chi connectivity index (χ2n) is 5.97. The topological polar surface area (TPSA) is 89.5 Å². The molecule has 1 aliphatic heterocycles.